The molecule has 0 aliphatic carbocycles. The first-order valence-electron chi connectivity index (χ1n) is 4.59. The van der Waals surface area contributed by atoms with Gasteiger partial charge in [0.1, 0.15) is 0 Å². The van der Waals surface area contributed by atoms with Crippen LogP contribution in [0.4, 0.5) is 0 Å². The molecule has 0 aliphatic heterocycles. The molecule has 2 radical (unpaired) electrons. The summed E-state index contributed by atoms with van der Waals surface area (Å²) in [7, 11) is 0.681. The van der Waals surface area contributed by atoms with Gasteiger partial charge in [-0.05, 0) is 13.3 Å². The summed E-state index contributed by atoms with van der Waals surface area (Å²) < 4.78 is 5.25. The monoisotopic (exact) mass is 198 g/mol. The fraction of sp³-hybridized carbons (Fsp3) is 0.700. The van der Waals surface area contributed by atoms with E-state index in [1.165, 1.54) is 0 Å². The van der Waals surface area contributed by atoms with E-state index in [9.17, 15) is 4.79 Å². The highest BCUT2D eigenvalue weighted by molar-refractivity contribution is 6.39. The van der Waals surface area contributed by atoms with Crippen LogP contribution < -0.4 is 0 Å². The van der Waals surface area contributed by atoms with Crippen molar-refractivity contribution in [2.45, 2.75) is 45.4 Å². The van der Waals surface area contributed by atoms with Gasteiger partial charge in [0.05, 0.1) is 15.2 Å². The number of hydrogen-bond donors (Lipinski definition) is 0. The van der Waals surface area contributed by atoms with E-state index in [-0.39, 0.29) is 11.7 Å². The Labute approximate surface area is 83.2 Å². The van der Waals surface area contributed by atoms with Gasteiger partial charge in [-0.2, -0.15) is 0 Å². The van der Waals surface area contributed by atoms with Crippen LogP contribution in [-0.4, -0.2) is 21.2 Å². The molecular weight excluding hydrogens is 180 g/mol. The van der Waals surface area contributed by atoms with Crippen molar-refractivity contribution in [2.75, 3.05) is 0 Å². The van der Waals surface area contributed by atoms with Crippen LogP contribution in [-0.2, 0) is 9.53 Å². The Morgan fingerprint density at radius 2 is 2.08 bits per heavy atom. The third-order valence-corrected chi connectivity index (χ3v) is 3.05. The summed E-state index contributed by atoms with van der Waals surface area (Å²) in [5, 5.41) is 0. The molecule has 2 nitrogen and oxygen atoms in total. The maximum absolute atomic E-state index is 11.2. The molecule has 0 spiro atoms. The van der Waals surface area contributed by atoms with Crippen molar-refractivity contribution < 1.29 is 9.53 Å². The number of carbonyl (C=O) groups excluding carboxylic acids is 1. The van der Waals surface area contributed by atoms with Gasteiger partial charge in [-0.25, -0.2) is 4.79 Å². The Balaban J connectivity index is 3.97. The lowest BCUT2D eigenvalue weighted by Crippen LogP contribution is -2.25. The summed E-state index contributed by atoms with van der Waals surface area (Å²) >= 11 is 0. The fourth-order valence-corrected chi connectivity index (χ4v) is 1.99. The molecule has 0 fully saturated rings. The molecule has 0 aromatic heterocycles. The molecule has 74 valence electrons. The van der Waals surface area contributed by atoms with Crippen LogP contribution in [0.1, 0.15) is 34.1 Å². The van der Waals surface area contributed by atoms with E-state index >= 15 is 0 Å². The maximum Gasteiger partial charge on any atom is 0.333 e. The van der Waals surface area contributed by atoms with Crippen molar-refractivity contribution in [1.82, 2.24) is 0 Å². The molecular formula is C10H18O2Si. The van der Waals surface area contributed by atoms with Crippen molar-refractivity contribution in [3.05, 3.63) is 12.2 Å². The van der Waals surface area contributed by atoms with Gasteiger partial charge in [0.25, 0.3) is 0 Å². The minimum atomic E-state index is -0.264. The summed E-state index contributed by atoms with van der Waals surface area (Å²) in [5.41, 5.74) is 1.14. The SMILES string of the molecule is C=C(C)C(=O)OC(CC)[Si]C(C)C. The summed E-state index contributed by atoms with van der Waals surface area (Å²) in [6.07, 6.45) is 0.885. The Morgan fingerprint density at radius 3 is 2.38 bits per heavy atom. The van der Waals surface area contributed by atoms with Crippen LogP contribution in [0.25, 0.3) is 0 Å². The van der Waals surface area contributed by atoms with Crippen LogP contribution in [0.15, 0.2) is 12.2 Å². The van der Waals surface area contributed by atoms with Gasteiger partial charge in [0.15, 0.2) is 0 Å². The zero-order valence-electron chi connectivity index (χ0n) is 8.89. The summed E-state index contributed by atoms with van der Waals surface area (Å²) in [4.78, 5) is 11.2. The van der Waals surface area contributed by atoms with E-state index < -0.39 is 0 Å². The van der Waals surface area contributed by atoms with Crippen molar-refractivity contribution in [2.24, 2.45) is 0 Å². The van der Waals surface area contributed by atoms with Gasteiger partial charge in [-0.3, -0.25) is 0 Å². The Morgan fingerprint density at radius 1 is 1.54 bits per heavy atom. The summed E-state index contributed by atoms with van der Waals surface area (Å²) in [6, 6.07) is 0. The highest BCUT2D eigenvalue weighted by Gasteiger charge is 2.15. The fourth-order valence-electron chi connectivity index (χ4n) is 0.837. The molecule has 0 N–H and O–H groups in total. The predicted octanol–water partition coefficient (Wildman–Crippen LogP) is 2.37. The van der Waals surface area contributed by atoms with Crippen LogP contribution in [0.5, 0.6) is 0 Å². The standard InChI is InChI=1S/C10H18O2Si/c1-6-9(13-8(4)5)12-10(11)7(2)3/h8-9H,2,6H2,1,3-5H3. The van der Waals surface area contributed by atoms with Gasteiger partial charge < -0.3 is 4.74 Å². The second kappa shape index (κ2) is 5.97. The van der Waals surface area contributed by atoms with Crippen molar-refractivity contribution in [1.29, 1.82) is 0 Å². The van der Waals surface area contributed by atoms with Gasteiger partial charge in [-0.1, -0.05) is 32.9 Å². The van der Waals surface area contributed by atoms with Crippen LogP contribution in [0.2, 0.25) is 5.54 Å². The van der Waals surface area contributed by atoms with Crippen LogP contribution in [0.3, 0.4) is 0 Å². The highest BCUT2D eigenvalue weighted by atomic mass is 28.2. The third-order valence-electron chi connectivity index (χ3n) is 1.49. The average Bonchev–Trinajstić information content (AvgIpc) is 2.02. The Hall–Kier alpha value is -0.573. The predicted molar refractivity (Wildman–Crippen MR) is 55.8 cm³/mol. The molecule has 0 saturated carbocycles. The Kier molecular flexibility index (Phi) is 5.71. The molecule has 0 aromatic carbocycles. The lowest BCUT2D eigenvalue weighted by molar-refractivity contribution is -0.140. The maximum atomic E-state index is 11.2. The van der Waals surface area contributed by atoms with Gasteiger partial charge in [-0.15, -0.1) is 0 Å². The highest BCUT2D eigenvalue weighted by Crippen LogP contribution is 2.08. The quantitative estimate of drug-likeness (QED) is 0.385. The third kappa shape index (κ3) is 5.63. The van der Waals surface area contributed by atoms with Gasteiger partial charge in [0.2, 0.25) is 0 Å². The first-order valence-corrected chi connectivity index (χ1v) is 5.75. The van der Waals surface area contributed by atoms with E-state index in [0.717, 1.165) is 6.42 Å². The Bertz CT molecular complexity index is 187. The average molecular weight is 198 g/mol. The minimum absolute atomic E-state index is 0.0733. The smallest absolute Gasteiger partial charge is 0.333 e. The lowest BCUT2D eigenvalue weighted by atomic mass is 10.4. The zero-order chi connectivity index (χ0) is 10.4. The summed E-state index contributed by atoms with van der Waals surface area (Å²) in [5.74, 6) is -0.264. The molecule has 0 saturated heterocycles. The topological polar surface area (TPSA) is 26.3 Å². The van der Waals surface area contributed by atoms with Crippen molar-refractivity contribution in [3.63, 3.8) is 0 Å². The molecule has 0 aromatic rings. The first kappa shape index (κ1) is 12.4. The van der Waals surface area contributed by atoms with E-state index in [2.05, 4.69) is 20.4 Å². The molecule has 1 atom stereocenters. The molecule has 13 heavy (non-hydrogen) atoms. The lowest BCUT2D eigenvalue weighted by Gasteiger charge is -2.16. The molecule has 1 unspecified atom stereocenters. The second-order valence-corrected chi connectivity index (χ2v) is 5.54. The van der Waals surface area contributed by atoms with Crippen LogP contribution in [0, 0.1) is 0 Å². The number of carbonyl (C=O) groups is 1. The molecule has 0 rings (SSSR count). The largest absolute Gasteiger partial charge is 0.463 e. The molecule has 0 bridgehead atoms. The molecule has 3 heteroatoms. The first-order chi connectivity index (χ1) is 5.97. The van der Waals surface area contributed by atoms with Gasteiger partial charge in [0, 0.05) is 5.57 Å². The summed E-state index contributed by atoms with van der Waals surface area (Å²) in [6.45, 7) is 11.5. The van der Waals surface area contributed by atoms with E-state index in [1.54, 1.807) is 6.92 Å². The molecule has 0 heterocycles. The van der Waals surface area contributed by atoms with Crippen molar-refractivity contribution in [3.8, 4) is 0 Å². The van der Waals surface area contributed by atoms with E-state index in [0.29, 0.717) is 20.6 Å². The van der Waals surface area contributed by atoms with Gasteiger partial charge >= 0.3 is 5.97 Å². The number of hydrogen-bond acceptors (Lipinski definition) is 2. The molecule has 0 aliphatic rings. The second-order valence-electron chi connectivity index (χ2n) is 3.40. The normalized spacial score (nSPS) is 12.7. The number of ether oxygens (including phenoxy) is 1. The van der Waals surface area contributed by atoms with E-state index in [4.69, 9.17) is 4.74 Å². The molecule has 0 amide bonds. The van der Waals surface area contributed by atoms with Crippen LogP contribution >= 0.6 is 0 Å². The van der Waals surface area contributed by atoms with E-state index in [1.807, 2.05) is 6.92 Å². The number of esters is 1. The minimum Gasteiger partial charge on any atom is -0.463 e. The zero-order valence-corrected chi connectivity index (χ0v) is 9.89. The number of rotatable bonds is 5. The van der Waals surface area contributed by atoms with Crippen molar-refractivity contribution >= 4 is 15.5 Å².